The smallest absolute Gasteiger partial charge is 0.316 e. The van der Waals surface area contributed by atoms with E-state index in [0.29, 0.717) is 16.9 Å². The zero-order valence-electron chi connectivity index (χ0n) is 11.3. The Balaban J connectivity index is 2.37. The van der Waals surface area contributed by atoms with Crippen molar-refractivity contribution >= 4 is 27.4 Å². The van der Waals surface area contributed by atoms with E-state index in [1.54, 1.807) is 49.4 Å². The molecule has 0 aliphatic heterocycles. The highest BCUT2D eigenvalue weighted by Crippen LogP contribution is 2.22. The Morgan fingerprint density at radius 2 is 1.71 bits per heavy atom. The molecule has 0 saturated heterocycles. The summed E-state index contributed by atoms with van der Waals surface area (Å²) < 4.78 is 27.3. The summed E-state index contributed by atoms with van der Waals surface area (Å²) in [6.45, 7) is 1.67. The highest BCUT2D eigenvalue weighted by Gasteiger charge is 2.17. The van der Waals surface area contributed by atoms with Crippen LogP contribution >= 0.6 is 0 Å². The van der Waals surface area contributed by atoms with Crippen molar-refractivity contribution in [2.45, 2.75) is 11.8 Å². The summed E-state index contributed by atoms with van der Waals surface area (Å²) in [7, 11) is -3.74. The monoisotopic (exact) mass is 305 g/mol. The first-order valence-corrected chi connectivity index (χ1v) is 7.62. The number of para-hydroxylation sites is 1. The topological polar surface area (TPSA) is 101 Å². The standard InChI is InChI=1S/C14H15N3O3S/c1-10-7-8-12(16-14(15)18)9-13(10)21(19,20)17-11-5-3-2-4-6-11/h2-9,17H,1H3,(H3,15,16,18). The quantitative estimate of drug-likeness (QED) is 0.807. The van der Waals surface area contributed by atoms with Gasteiger partial charge in [-0.1, -0.05) is 24.3 Å². The SMILES string of the molecule is Cc1ccc(NC(N)=O)cc1S(=O)(=O)Nc1ccccc1. The zero-order chi connectivity index (χ0) is 15.5. The molecule has 21 heavy (non-hydrogen) atoms. The minimum Gasteiger partial charge on any atom is -0.351 e. The van der Waals surface area contributed by atoms with E-state index in [9.17, 15) is 13.2 Å². The average molecular weight is 305 g/mol. The Bertz CT molecular complexity index is 758. The molecule has 2 aromatic carbocycles. The van der Waals surface area contributed by atoms with Crippen LogP contribution < -0.4 is 15.8 Å². The van der Waals surface area contributed by atoms with Crippen LogP contribution in [-0.2, 0) is 10.0 Å². The maximum absolute atomic E-state index is 12.4. The number of rotatable bonds is 4. The van der Waals surface area contributed by atoms with E-state index in [1.165, 1.54) is 6.07 Å². The van der Waals surface area contributed by atoms with Crippen LogP contribution in [0.1, 0.15) is 5.56 Å². The summed E-state index contributed by atoms with van der Waals surface area (Å²) in [4.78, 5) is 10.9. The van der Waals surface area contributed by atoms with E-state index < -0.39 is 16.1 Å². The number of nitrogens with one attached hydrogen (secondary N) is 2. The van der Waals surface area contributed by atoms with Gasteiger partial charge in [0.05, 0.1) is 4.90 Å². The number of amides is 2. The van der Waals surface area contributed by atoms with Crippen molar-refractivity contribution in [3.63, 3.8) is 0 Å². The van der Waals surface area contributed by atoms with Gasteiger partial charge in [0.2, 0.25) is 0 Å². The fourth-order valence-corrected chi connectivity index (χ4v) is 3.16. The molecule has 2 rings (SSSR count). The molecule has 0 saturated carbocycles. The lowest BCUT2D eigenvalue weighted by molar-refractivity contribution is 0.259. The molecule has 0 heterocycles. The number of hydrogen-bond acceptors (Lipinski definition) is 3. The zero-order valence-corrected chi connectivity index (χ0v) is 12.1. The third-order valence-electron chi connectivity index (χ3n) is 2.77. The second-order valence-electron chi connectivity index (χ2n) is 4.44. The minimum absolute atomic E-state index is 0.0811. The third-order valence-corrected chi connectivity index (χ3v) is 4.29. The molecule has 7 heteroatoms. The fourth-order valence-electron chi connectivity index (χ4n) is 1.83. The Kier molecular flexibility index (Phi) is 4.13. The molecule has 0 aromatic heterocycles. The van der Waals surface area contributed by atoms with E-state index in [2.05, 4.69) is 10.0 Å². The molecular weight excluding hydrogens is 290 g/mol. The molecule has 110 valence electrons. The van der Waals surface area contributed by atoms with Crippen LogP contribution in [0.2, 0.25) is 0 Å². The second-order valence-corrected chi connectivity index (χ2v) is 6.09. The largest absolute Gasteiger partial charge is 0.351 e. The number of hydrogen-bond donors (Lipinski definition) is 3. The number of aryl methyl sites for hydroxylation is 1. The Labute approximate surface area is 123 Å². The van der Waals surface area contributed by atoms with Crippen molar-refractivity contribution < 1.29 is 13.2 Å². The van der Waals surface area contributed by atoms with Gasteiger partial charge in [0.1, 0.15) is 0 Å². The van der Waals surface area contributed by atoms with Gasteiger partial charge in [-0.3, -0.25) is 4.72 Å². The van der Waals surface area contributed by atoms with E-state index in [4.69, 9.17) is 5.73 Å². The van der Waals surface area contributed by atoms with Crippen LogP contribution in [0.4, 0.5) is 16.2 Å². The summed E-state index contributed by atoms with van der Waals surface area (Å²) >= 11 is 0. The van der Waals surface area contributed by atoms with Crippen molar-refractivity contribution in [3.8, 4) is 0 Å². The van der Waals surface area contributed by atoms with Crippen molar-refractivity contribution in [2.75, 3.05) is 10.0 Å². The first-order valence-electron chi connectivity index (χ1n) is 6.13. The maximum atomic E-state index is 12.4. The summed E-state index contributed by atoms with van der Waals surface area (Å²) in [5.74, 6) is 0. The van der Waals surface area contributed by atoms with Crippen molar-refractivity contribution in [3.05, 3.63) is 54.1 Å². The summed E-state index contributed by atoms with van der Waals surface area (Å²) in [6.07, 6.45) is 0. The minimum atomic E-state index is -3.74. The molecular formula is C14H15N3O3S. The van der Waals surface area contributed by atoms with Gasteiger partial charge >= 0.3 is 6.03 Å². The second kappa shape index (κ2) is 5.84. The first kappa shape index (κ1) is 14.9. The third kappa shape index (κ3) is 3.73. The number of benzene rings is 2. The molecule has 0 aliphatic carbocycles. The molecule has 6 nitrogen and oxygen atoms in total. The van der Waals surface area contributed by atoms with Crippen LogP contribution in [0.15, 0.2) is 53.4 Å². The Morgan fingerprint density at radius 3 is 2.33 bits per heavy atom. The van der Waals surface area contributed by atoms with Gasteiger partial charge < -0.3 is 11.1 Å². The number of carbonyl (C=O) groups is 1. The fraction of sp³-hybridized carbons (Fsp3) is 0.0714. The van der Waals surface area contributed by atoms with Gasteiger partial charge in [0, 0.05) is 11.4 Å². The molecule has 0 unspecified atom stereocenters. The highest BCUT2D eigenvalue weighted by molar-refractivity contribution is 7.92. The summed E-state index contributed by atoms with van der Waals surface area (Å²) in [5, 5.41) is 2.35. The lowest BCUT2D eigenvalue weighted by atomic mass is 10.2. The van der Waals surface area contributed by atoms with Crippen LogP contribution in [-0.4, -0.2) is 14.4 Å². The maximum Gasteiger partial charge on any atom is 0.316 e. The predicted molar refractivity (Wildman–Crippen MR) is 81.6 cm³/mol. The van der Waals surface area contributed by atoms with Crippen molar-refractivity contribution in [1.82, 2.24) is 0 Å². The highest BCUT2D eigenvalue weighted by atomic mass is 32.2. The van der Waals surface area contributed by atoms with Crippen LogP contribution in [0.3, 0.4) is 0 Å². The molecule has 0 spiro atoms. The summed E-state index contributed by atoms with van der Waals surface area (Å²) in [6, 6.07) is 12.4. The van der Waals surface area contributed by atoms with Gasteiger partial charge in [-0.25, -0.2) is 13.2 Å². The van der Waals surface area contributed by atoms with E-state index >= 15 is 0 Å². The summed E-state index contributed by atoms with van der Waals surface area (Å²) in [5.41, 5.74) is 6.38. The molecule has 2 aromatic rings. The number of primary amides is 1. The van der Waals surface area contributed by atoms with E-state index in [-0.39, 0.29) is 4.90 Å². The van der Waals surface area contributed by atoms with E-state index in [1.807, 2.05) is 0 Å². The van der Waals surface area contributed by atoms with Crippen LogP contribution in [0, 0.1) is 6.92 Å². The van der Waals surface area contributed by atoms with Gasteiger partial charge in [-0.15, -0.1) is 0 Å². The van der Waals surface area contributed by atoms with Crippen LogP contribution in [0.25, 0.3) is 0 Å². The lowest BCUT2D eigenvalue weighted by Crippen LogP contribution is -2.20. The molecule has 4 N–H and O–H groups in total. The van der Waals surface area contributed by atoms with Crippen molar-refractivity contribution in [2.24, 2.45) is 5.73 Å². The average Bonchev–Trinajstić information content (AvgIpc) is 2.41. The van der Waals surface area contributed by atoms with Gasteiger partial charge in [-0.2, -0.15) is 0 Å². The molecule has 0 atom stereocenters. The Hall–Kier alpha value is -2.54. The number of anilines is 2. The molecule has 0 bridgehead atoms. The number of carbonyl (C=O) groups excluding carboxylic acids is 1. The molecule has 0 radical (unpaired) electrons. The number of nitrogens with two attached hydrogens (primary N) is 1. The number of sulfonamides is 1. The molecule has 0 aliphatic rings. The number of urea groups is 1. The normalized spacial score (nSPS) is 10.9. The van der Waals surface area contributed by atoms with E-state index in [0.717, 1.165) is 0 Å². The van der Waals surface area contributed by atoms with Crippen LogP contribution in [0.5, 0.6) is 0 Å². The molecule has 0 fully saturated rings. The molecule has 2 amide bonds. The predicted octanol–water partition coefficient (Wildman–Crippen LogP) is 2.29. The van der Waals surface area contributed by atoms with Crippen molar-refractivity contribution in [1.29, 1.82) is 0 Å². The lowest BCUT2D eigenvalue weighted by Gasteiger charge is -2.12. The first-order chi connectivity index (χ1) is 9.88. The van der Waals surface area contributed by atoms with Gasteiger partial charge in [0.25, 0.3) is 10.0 Å². The Morgan fingerprint density at radius 1 is 1.05 bits per heavy atom. The van der Waals surface area contributed by atoms with Gasteiger partial charge in [0.15, 0.2) is 0 Å². The van der Waals surface area contributed by atoms with Gasteiger partial charge in [-0.05, 0) is 36.8 Å².